The number of hydrogen-bond acceptors (Lipinski definition) is 7. The van der Waals surface area contributed by atoms with Crippen molar-refractivity contribution in [3.8, 4) is 17.3 Å². The van der Waals surface area contributed by atoms with Gasteiger partial charge in [-0.25, -0.2) is 0 Å². The smallest absolute Gasteiger partial charge is 0.226 e. The van der Waals surface area contributed by atoms with Crippen LogP contribution >= 0.6 is 0 Å². The van der Waals surface area contributed by atoms with Crippen LogP contribution in [0, 0.1) is 13.8 Å². The number of aryl methyl sites for hydroxylation is 2. The SMILES string of the molecule is COc1cc([C@H]2CC(=O)Nc3c2c(C)nn3-c2ccc3nncn3n2)ccc1OCc1ccc(C)cc1. The van der Waals surface area contributed by atoms with Gasteiger partial charge in [0.05, 0.1) is 12.8 Å². The van der Waals surface area contributed by atoms with Gasteiger partial charge in [0, 0.05) is 17.9 Å². The highest BCUT2D eigenvalue weighted by Gasteiger charge is 2.33. The minimum absolute atomic E-state index is 0.0947. The molecule has 1 aliphatic rings. The van der Waals surface area contributed by atoms with Crippen molar-refractivity contribution in [2.24, 2.45) is 0 Å². The van der Waals surface area contributed by atoms with Crippen LogP contribution in [-0.2, 0) is 11.4 Å². The molecule has 10 nitrogen and oxygen atoms in total. The van der Waals surface area contributed by atoms with E-state index in [-0.39, 0.29) is 11.8 Å². The lowest BCUT2D eigenvalue weighted by Gasteiger charge is -2.25. The van der Waals surface area contributed by atoms with Crippen molar-refractivity contribution in [3.05, 3.63) is 88.9 Å². The second-order valence-electron chi connectivity index (χ2n) is 9.07. The summed E-state index contributed by atoms with van der Waals surface area (Å²) in [5.41, 5.74) is 5.60. The zero-order valence-corrected chi connectivity index (χ0v) is 20.7. The maximum Gasteiger partial charge on any atom is 0.226 e. The van der Waals surface area contributed by atoms with E-state index in [9.17, 15) is 4.79 Å². The molecule has 0 bridgehead atoms. The number of rotatable bonds is 6. The Kier molecular flexibility index (Phi) is 5.56. The molecule has 6 rings (SSSR count). The van der Waals surface area contributed by atoms with Crippen LogP contribution in [0.5, 0.6) is 11.5 Å². The second-order valence-corrected chi connectivity index (χ2v) is 9.07. The molecule has 10 heteroatoms. The Hall–Kier alpha value is -4.73. The van der Waals surface area contributed by atoms with E-state index in [1.165, 1.54) is 11.9 Å². The molecule has 2 aromatic carbocycles. The fourth-order valence-corrected chi connectivity index (χ4v) is 4.69. The van der Waals surface area contributed by atoms with Gasteiger partial charge in [0.1, 0.15) is 18.8 Å². The number of amides is 1. The standard InChI is InChI=1S/C27H25N7O3/c1-16-4-6-18(7-5-16)14-37-21-9-8-19(12-22(21)36-3)20-13-25(35)29-27-26(20)17(2)31-34(27)24-11-10-23-30-28-15-33(23)32-24/h4-12,15,20H,13-14H2,1-3H3,(H,29,35)/t20-/m1/s1. The summed E-state index contributed by atoms with van der Waals surface area (Å²) in [4.78, 5) is 12.8. The van der Waals surface area contributed by atoms with Gasteiger partial charge in [-0.3, -0.25) is 4.79 Å². The summed E-state index contributed by atoms with van der Waals surface area (Å²) in [7, 11) is 1.62. The van der Waals surface area contributed by atoms with Crippen molar-refractivity contribution in [2.45, 2.75) is 32.8 Å². The van der Waals surface area contributed by atoms with Crippen molar-refractivity contribution >= 4 is 17.4 Å². The van der Waals surface area contributed by atoms with Crippen LogP contribution in [0.3, 0.4) is 0 Å². The molecule has 1 atom stereocenters. The van der Waals surface area contributed by atoms with Gasteiger partial charge in [0.2, 0.25) is 5.91 Å². The van der Waals surface area contributed by atoms with Gasteiger partial charge in [-0.15, -0.1) is 15.3 Å². The summed E-state index contributed by atoms with van der Waals surface area (Å²) < 4.78 is 15.0. The zero-order valence-electron chi connectivity index (χ0n) is 20.7. The first-order chi connectivity index (χ1) is 18.0. The quantitative estimate of drug-likeness (QED) is 0.379. The fourth-order valence-electron chi connectivity index (χ4n) is 4.69. The Bertz CT molecular complexity index is 1620. The number of nitrogens with one attached hydrogen (secondary N) is 1. The average Bonchev–Trinajstić information content (AvgIpc) is 3.51. The molecule has 5 aromatic rings. The first-order valence-corrected chi connectivity index (χ1v) is 11.9. The summed E-state index contributed by atoms with van der Waals surface area (Å²) in [6, 6.07) is 17.7. The van der Waals surface area contributed by atoms with Crippen LogP contribution in [0.15, 0.2) is 60.9 Å². The second kappa shape index (κ2) is 9.05. The molecule has 4 heterocycles. The Balaban J connectivity index is 1.34. The normalized spacial score (nSPS) is 14.9. The van der Waals surface area contributed by atoms with Gasteiger partial charge in [-0.05, 0) is 49.2 Å². The number of carbonyl (C=O) groups excluding carboxylic acids is 1. The lowest BCUT2D eigenvalue weighted by molar-refractivity contribution is -0.116. The summed E-state index contributed by atoms with van der Waals surface area (Å²) >= 11 is 0. The molecule has 0 aliphatic carbocycles. The fraction of sp³-hybridized carbons (Fsp3) is 0.222. The minimum atomic E-state index is -0.198. The predicted octanol–water partition coefficient (Wildman–Crippen LogP) is 3.99. The Labute approximate surface area is 212 Å². The third-order valence-corrected chi connectivity index (χ3v) is 6.57. The van der Waals surface area contributed by atoms with E-state index in [0.717, 1.165) is 22.4 Å². The van der Waals surface area contributed by atoms with E-state index in [1.807, 2.05) is 25.1 Å². The first-order valence-electron chi connectivity index (χ1n) is 11.9. The molecular formula is C27H25N7O3. The maximum atomic E-state index is 12.8. The van der Waals surface area contributed by atoms with E-state index < -0.39 is 0 Å². The molecule has 1 aliphatic heterocycles. The van der Waals surface area contributed by atoms with Crippen molar-refractivity contribution in [1.82, 2.24) is 29.6 Å². The summed E-state index contributed by atoms with van der Waals surface area (Å²) in [5.74, 6) is 2.12. The summed E-state index contributed by atoms with van der Waals surface area (Å²) in [6.07, 6.45) is 1.82. The minimum Gasteiger partial charge on any atom is -0.493 e. The molecule has 0 fully saturated rings. The van der Waals surface area contributed by atoms with E-state index in [2.05, 4.69) is 51.8 Å². The number of ether oxygens (including phenoxy) is 2. The Morgan fingerprint density at radius 2 is 1.86 bits per heavy atom. The van der Waals surface area contributed by atoms with Gasteiger partial charge in [-0.2, -0.15) is 14.3 Å². The van der Waals surface area contributed by atoms with Crippen molar-refractivity contribution < 1.29 is 14.3 Å². The lowest BCUT2D eigenvalue weighted by Crippen LogP contribution is -2.25. The number of aromatic nitrogens is 6. The van der Waals surface area contributed by atoms with Crippen LogP contribution in [0.1, 0.15) is 40.3 Å². The van der Waals surface area contributed by atoms with E-state index in [4.69, 9.17) is 14.6 Å². The third-order valence-electron chi connectivity index (χ3n) is 6.57. The Morgan fingerprint density at radius 3 is 2.68 bits per heavy atom. The largest absolute Gasteiger partial charge is 0.493 e. The van der Waals surface area contributed by atoms with E-state index in [1.54, 1.807) is 28.4 Å². The first kappa shape index (κ1) is 22.7. The number of anilines is 1. The zero-order chi connectivity index (χ0) is 25.5. The summed E-state index contributed by atoms with van der Waals surface area (Å²) in [5, 5.41) is 20.1. The number of hydrogen-bond donors (Lipinski definition) is 1. The lowest BCUT2D eigenvalue weighted by atomic mass is 9.85. The molecule has 0 unspecified atom stereocenters. The molecule has 37 heavy (non-hydrogen) atoms. The highest BCUT2D eigenvalue weighted by Crippen LogP contribution is 2.42. The van der Waals surface area contributed by atoms with Crippen LogP contribution in [-0.4, -0.2) is 42.6 Å². The number of carbonyl (C=O) groups is 1. The van der Waals surface area contributed by atoms with Crippen molar-refractivity contribution in [3.63, 3.8) is 0 Å². The molecule has 0 saturated heterocycles. The molecular weight excluding hydrogens is 470 g/mol. The van der Waals surface area contributed by atoms with Gasteiger partial charge in [0.25, 0.3) is 0 Å². The Morgan fingerprint density at radius 1 is 1.03 bits per heavy atom. The number of fused-ring (bicyclic) bond motifs is 2. The molecule has 186 valence electrons. The van der Waals surface area contributed by atoms with Crippen molar-refractivity contribution in [1.29, 1.82) is 0 Å². The van der Waals surface area contributed by atoms with Crippen LogP contribution in [0.2, 0.25) is 0 Å². The van der Waals surface area contributed by atoms with Gasteiger partial charge >= 0.3 is 0 Å². The third kappa shape index (κ3) is 4.16. The van der Waals surface area contributed by atoms with E-state index in [0.29, 0.717) is 41.8 Å². The summed E-state index contributed by atoms with van der Waals surface area (Å²) in [6.45, 7) is 4.43. The van der Waals surface area contributed by atoms with Crippen LogP contribution in [0.4, 0.5) is 5.82 Å². The number of methoxy groups -OCH3 is 1. The van der Waals surface area contributed by atoms with Gasteiger partial charge in [-0.1, -0.05) is 35.9 Å². The molecule has 0 radical (unpaired) electrons. The molecule has 1 amide bonds. The number of nitrogens with zero attached hydrogens (tertiary/aromatic N) is 6. The molecule has 1 N–H and O–H groups in total. The van der Waals surface area contributed by atoms with Crippen LogP contribution < -0.4 is 14.8 Å². The highest BCUT2D eigenvalue weighted by atomic mass is 16.5. The maximum absolute atomic E-state index is 12.8. The van der Waals surface area contributed by atoms with Crippen LogP contribution in [0.25, 0.3) is 11.5 Å². The topological polar surface area (TPSA) is 108 Å². The predicted molar refractivity (Wildman–Crippen MR) is 136 cm³/mol. The van der Waals surface area contributed by atoms with Gasteiger partial charge in [0.15, 0.2) is 23.0 Å². The van der Waals surface area contributed by atoms with E-state index >= 15 is 0 Å². The van der Waals surface area contributed by atoms with Gasteiger partial charge < -0.3 is 14.8 Å². The number of benzene rings is 2. The monoisotopic (exact) mass is 495 g/mol. The average molecular weight is 496 g/mol. The molecule has 3 aromatic heterocycles. The van der Waals surface area contributed by atoms with Crippen molar-refractivity contribution in [2.75, 3.05) is 12.4 Å². The molecule has 0 spiro atoms. The highest BCUT2D eigenvalue weighted by molar-refractivity contribution is 5.95. The molecule has 0 saturated carbocycles.